The summed E-state index contributed by atoms with van der Waals surface area (Å²) in [6.07, 6.45) is 0. The number of nitrogens with one attached hydrogen (secondary N) is 2. The molecule has 1 aromatic carbocycles. The second-order valence-electron chi connectivity index (χ2n) is 6.48. The van der Waals surface area contributed by atoms with Crippen LogP contribution in [0.5, 0.6) is 0 Å². The molecule has 0 aliphatic rings. The average molecular weight is 512 g/mol. The molecule has 0 saturated heterocycles. The minimum absolute atomic E-state index is 0.0734. The van der Waals surface area contributed by atoms with Crippen molar-refractivity contribution < 1.29 is 40.0 Å². The SMILES string of the molecule is Cc1ccc(NS(=O)(=O)c2c(F)c(F)c(F)c(F)c2F)c(=O)n1CC(=O)NCCON=C(N)N. The Labute approximate surface area is 188 Å². The lowest BCUT2D eigenvalue weighted by Gasteiger charge is -2.14. The molecule has 2 aromatic rings. The molecule has 0 spiro atoms. The molecular formula is C17H17F5N6O5S. The third kappa shape index (κ3) is 5.72. The first-order valence-electron chi connectivity index (χ1n) is 9.00. The molecule has 2 rings (SSSR count). The standard InChI is InChI=1S/C17H17F5N6O5S/c1-7-2-3-8(16(30)28(7)6-9(29)25-4-5-33-26-17(23)24)27-34(31,32)15-13(21)11(19)10(18)12(20)14(15)22/h2-3,27H,4-6H2,1H3,(H,25,29)(H4,23,24,26). The van der Waals surface area contributed by atoms with Crippen LogP contribution in [0.2, 0.25) is 0 Å². The van der Waals surface area contributed by atoms with Gasteiger partial charge in [0.2, 0.25) is 17.7 Å². The van der Waals surface area contributed by atoms with Crippen LogP contribution >= 0.6 is 0 Å². The molecule has 1 amide bonds. The third-order valence-electron chi connectivity index (χ3n) is 4.06. The van der Waals surface area contributed by atoms with Gasteiger partial charge in [-0.15, -0.1) is 0 Å². The number of hydrogen-bond donors (Lipinski definition) is 4. The summed E-state index contributed by atoms with van der Waals surface area (Å²) in [5, 5.41) is 5.57. The zero-order chi connectivity index (χ0) is 25.8. The highest BCUT2D eigenvalue weighted by Gasteiger charge is 2.34. The Morgan fingerprint density at radius 2 is 1.62 bits per heavy atom. The number of hydrogen-bond acceptors (Lipinski definition) is 6. The molecule has 0 atom stereocenters. The van der Waals surface area contributed by atoms with E-state index in [0.717, 1.165) is 10.6 Å². The van der Waals surface area contributed by atoms with Crippen molar-refractivity contribution in [3.05, 3.63) is 57.3 Å². The maximum Gasteiger partial charge on any atom is 0.275 e. The van der Waals surface area contributed by atoms with Gasteiger partial charge in [0.15, 0.2) is 28.2 Å². The first-order chi connectivity index (χ1) is 15.8. The Morgan fingerprint density at radius 3 is 2.18 bits per heavy atom. The van der Waals surface area contributed by atoms with Crippen LogP contribution in [0.15, 0.2) is 27.0 Å². The highest BCUT2D eigenvalue weighted by Crippen LogP contribution is 2.27. The van der Waals surface area contributed by atoms with Gasteiger partial charge in [-0.1, -0.05) is 0 Å². The summed E-state index contributed by atoms with van der Waals surface area (Å²) in [6, 6.07) is 2.06. The molecule has 1 heterocycles. The van der Waals surface area contributed by atoms with Gasteiger partial charge in [-0.05, 0) is 24.2 Å². The summed E-state index contributed by atoms with van der Waals surface area (Å²) in [5.74, 6) is -13.8. The fourth-order valence-electron chi connectivity index (χ4n) is 2.52. The van der Waals surface area contributed by atoms with Crippen molar-refractivity contribution in [2.45, 2.75) is 18.4 Å². The lowest BCUT2D eigenvalue weighted by Crippen LogP contribution is -2.36. The van der Waals surface area contributed by atoms with Crippen LogP contribution in [0.25, 0.3) is 0 Å². The van der Waals surface area contributed by atoms with Crippen molar-refractivity contribution in [2.75, 3.05) is 17.9 Å². The fourth-order valence-corrected chi connectivity index (χ4v) is 3.72. The van der Waals surface area contributed by atoms with Crippen molar-refractivity contribution in [2.24, 2.45) is 16.6 Å². The van der Waals surface area contributed by atoms with Crippen molar-refractivity contribution in [3.63, 3.8) is 0 Å². The van der Waals surface area contributed by atoms with E-state index in [9.17, 15) is 40.0 Å². The Bertz CT molecular complexity index is 1280. The number of anilines is 1. The summed E-state index contributed by atoms with van der Waals surface area (Å²) in [5.41, 5.74) is 8.29. The molecule has 6 N–H and O–H groups in total. The second-order valence-corrected chi connectivity index (χ2v) is 8.10. The number of pyridine rings is 1. The number of aryl methyl sites for hydroxylation is 1. The molecule has 34 heavy (non-hydrogen) atoms. The Morgan fingerprint density at radius 1 is 1.06 bits per heavy atom. The lowest BCUT2D eigenvalue weighted by molar-refractivity contribution is -0.122. The maximum atomic E-state index is 13.9. The molecule has 1 aromatic heterocycles. The molecule has 17 heteroatoms. The van der Waals surface area contributed by atoms with E-state index >= 15 is 0 Å². The predicted molar refractivity (Wildman–Crippen MR) is 107 cm³/mol. The lowest BCUT2D eigenvalue weighted by atomic mass is 10.3. The zero-order valence-electron chi connectivity index (χ0n) is 17.2. The minimum atomic E-state index is -5.45. The number of amides is 1. The van der Waals surface area contributed by atoms with Crippen LogP contribution in [0.3, 0.4) is 0 Å². The number of sulfonamides is 1. The van der Waals surface area contributed by atoms with Crippen LogP contribution in [0.4, 0.5) is 27.6 Å². The van der Waals surface area contributed by atoms with Gasteiger partial charge >= 0.3 is 0 Å². The molecule has 0 saturated carbocycles. The number of nitrogens with two attached hydrogens (primary N) is 2. The smallest absolute Gasteiger partial charge is 0.275 e. The van der Waals surface area contributed by atoms with E-state index in [1.165, 1.54) is 17.7 Å². The van der Waals surface area contributed by atoms with E-state index in [0.29, 0.717) is 0 Å². The monoisotopic (exact) mass is 512 g/mol. The number of halogens is 5. The summed E-state index contributed by atoms with van der Waals surface area (Å²) in [7, 11) is -5.45. The van der Waals surface area contributed by atoms with E-state index in [4.69, 9.17) is 11.5 Å². The van der Waals surface area contributed by atoms with Crippen molar-refractivity contribution in [3.8, 4) is 0 Å². The normalized spacial score (nSPS) is 11.1. The highest BCUT2D eigenvalue weighted by molar-refractivity contribution is 7.92. The maximum absolute atomic E-state index is 13.9. The third-order valence-corrected chi connectivity index (χ3v) is 5.45. The molecule has 0 aliphatic carbocycles. The van der Waals surface area contributed by atoms with Crippen molar-refractivity contribution in [1.82, 2.24) is 9.88 Å². The van der Waals surface area contributed by atoms with E-state index in [1.807, 2.05) is 0 Å². The first-order valence-corrected chi connectivity index (χ1v) is 10.5. The number of guanidine groups is 1. The Kier molecular flexibility index (Phi) is 8.04. The van der Waals surface area contributed by atoms with E-state index in [-0.39, 0.29) is 24.8 Å². The number of nitrogens with zero attached hydrogens (tertiary/aromatic N) is 2. The van der Waals surface area contributed by atoms with Crippen LogP contribution in [-0.2, 0) is 26.2 Å². The van der Waals surface area contributed by atoms with Crippen LogP contribution < -0.4 is 27.1 Å². The Hall–Kier alpha value is -3.89. The molecule has 0 unspecified atom stereocenters. The number of oxime groups is 1. The summed E-state index contributed by atoms with van der Waals surface area (Å²) < 4.78 is 94.9. The number of benzene rings is 1. The van der Waals surface area contributed by atoms with Gasteiger partial charge in [0.1, 0.15) is 18.8 Å². The molecule has 0 radical (unpaired) electrons. The number of carbonyl (C=O) groups is 1. The quantitative estimate of drug-likeness (QED) is 0.0695. The van der Waals surface area contributed by atoms with Gasteiger partial charge in [-0.2, -0.15) is 0 Å². The highest BCUT2D eigenvalue weighted by atomic mass is 32.2. The molecule has 0 bridgehead atoms. The summed E-state index contributed by atoms with van der Waals surface area (Å²) in [4.78, 5) is 27.2. The number of aromatic nitrogens is 1. The van der Waals surface area contributed by atoms with Gasteiger partial charge in [-0.3, -0.25) is 14.3 Å². The molecule has 11 nitrogen and oxygen atoms in total. The average Bonchev–Trinajstić information content (AvgIpc) is 2.75. The second kappa shape index (κ2) is 10.4. The van der Waals surface area contributed by atoms with Gasteiger partial charge in [0.25, 0.3) is 15.6 Å². The molecular weight excluding hydrogens is 495 g/mol. The van der Waals surface area contributed by atoms with Gasteiger partial charge < -0.3 is 26.2 Å². The van der Waals surface area contributed by atoms with E-state index in [1.54, 1.807) is 0 Å². The predicted octanol–water partition coefficient (Wildman–Crippen LogP) is -0.0258. The van der Waals surface area contributed by atoms with Crippen LogP contribution in [-0.4, -0.2) is 38.0 Å². The first kappa shape index (κ1) is 26.4. The van der Waals surface area contributed by atoms with Gasteiger partial charge in [-0.25, -0.2) is 30.4 Å². The molecule has 0 aliphatic heterocycles. The minimum Gasteiger partial charge on any atom is -0.391 e. The zero-order valence-corrected chi connectivity index (χ0v) is 18.0. The van der Waals surface area contributed by atoms with Gasteiger partial charge in [0, 0.05) is 5.69 Å². The van der Waals surface area contributed by atoms with Gasteiger partial charge in [0.05, 0.1) is 6.54 Å². The molecule has 0 fully saturated rings. The Balaban J connectivity index is 2.29. The summed E-state index contributed by atoms with van der Waals surface area (Å²) in [6.45, 7) is 0.569. The fraction of sp³-hybridized carbons (Fsp3) is 0.235. The topological polar surface area (TPSA) is 171 Å². The van der Waals surface area contributed by atoms with Crippen LogP contribution in [0.1, 0.15) is 5.69 Å². The molecule has 186 valence electrons. The largest absolute Gasteiger partial charge is 0.391 e. The van der Waals surface area contributed by atoms with Crippen molar-refractivity contribution in [1.29, 1.82) is 0 Å². The van der Waals surface area contributed by atoms with E-state index < -0.39 is 67.7 Å². The van der Waals surface area contributed by atoms with Crippen molar-refractivity contribution >= 4 is 27.6 Å². The van der Waals surface area contributed by atoms with E-state index in [2.05, 4.69) is 15.3 Å². The summed E-state index contributed by atoms with van der Waals surface area (Å²) >= 11 is 0. The van der Waals surface area contributed by atoms with Crippen LogP contribution in [0, 0.1) is 36.0 Å². The number of carbonyl (C=O) groups excluding carboxylic acids is 1. The number of rotatable bonds is 9.